The zero-order valence-electron chi connectivity index (χ0n) is 14.5. The third kappa shape index (κ3) is 3.25. The van der Waals surface area contributed by atoms with Gasteiger partial charge in [-0.2, -0.15) is 10.4 Å². The van der Waals surface area contributed by atoms with E-state index in [0.29, 0.717) is 43.2 Å². The quantitative estimate of drug-likeness (QED) is 0.846. The fourth-order valence-corrected chi connectivity index (χ4v) is 3.09. The van der Waals surface area contributed by atoms with Gasteiger partial charge in [0.05, 0.1) is 26.4 Å². The van der Waals surface area contributed by atoms with Crippen LogP contribution in [0.2, 0.25) is 0 Å². The fourth-order valence-electron chi connectivity index (χ4n) is 3.09. The van der Waals surface area contributed by atoms with Crippen molar-refractivity contribution in [1.82, 2.24) is 10.2 Å². The predicted molar refractivity (Wildman–Crippen MR) is 94.3 cm³/mol. The first-order chi connectivity index (χ1) is 13.1. The second kappa shape index (κ2) is 6.98. The Morgan fingerprint density at radius 2 is 1.96 bits per heavy atom. The first kappa shape index (κ1) is 17.5. The zero-order valence-corrected chi connectivity index (χ0v) is 14.5. The van der Waals surface area contributed by atoms with Crippen LogP contribution in [-0.4, -0.2) is 55.6 Å². The number of rotatable bonds is 4. The Bertz CT molecular complexity index is 879. The number of alkyl halides is 1. The molecule has 2 fully saturated rings. The summed E-state index contributed by atoms with van der Waals surface area (Å²) in [5.74, 6) is 0.325. The predicted octanol–water partition coefficient (Wildman–Crippen LogP) is 1.57. The maximum Gasteiger partial charge on any atom is 0.256 e. The summed E-state index contributed by atoms with van der Waals surface area (Å²) in [5, 5.41) is 19.0. The number of hydrogen-bond acceptors (Lipinski definition) is 6. The molecule has 0 spiro atoms. The molecule has 0 unspecified atom stereocenters. The number of ether oxygens (including phenoxy) is 2. The number of nitrogens with zero attached hydrogens (tertiary/aromatic N) is 3. The number of aromatic nitrogens is 2. The number of morpholine rings is 1. The molecular formula is C18H18FN5O3. The van der Waals surface area contributed by atoms with Crippen molar-refractivity contribution in [3.05, 3.63) is 41.0 Å². The van der Waals surface area contributed by atoms with Gasteiger partial charge in [0.1, 0.15) is 17.5 Å². The van der Waals surface area contributed by atoms with Gasteiger partial charge in [-0.1, -0.05) is 12.1 Å². The molecule has 4 rings (SSSR count). The van der Waals surface area contributed by atoms with Gasteiger partial charge in [-0.25, -0.2) is 4.39 Å². The topological polar surface area (TPSA) is 103 Å². The molecule has 2 aliphatic heterocycles. The number of anilines is 2. The lowest BCUT2D eigenvalue weighted by Crippen LogP contribution is -2.42. The van der Waals surface area contributed by atoms with Gasteiger partial charge in [0.15, 0.2) is 11.5 Å². The lowest BCUT2D eigenvalue weighted by molar-refractivity contribution is -0.135. The third-order valence-corrected chi connectivity index (χ3v) is 4.73. The van der Waals surface area contributed by atoms with E-state index < -0.39 is 11.6 Å². The maximum atomic E-state index is 14.3. The van der Waals surface area contributed by atoms with Crippen LogP contribution in [0.5, 0.6) is 0 Å². The Morgan fingerprint density at radius 3 is 2.56 bits per heavy atom. The molecule has 0 atom stereocenters. The van der Waals surface area contributed by atoms with E-state index in [0.717, 1.165) is 0 Å². The maximum absolute atomic E-state index is 14.3. The van der Waals surface area contributed by atoms with E-state index in [4.69, 9.17) is 9.47 Å². The molecule has 140 valence electrons. The van der Waals surface area contributed by atoms with E-state index in [-0.39, 0.29) is 24.6 Å². The SMILES string of the molecule is N#Cc1c(N2CCOCC2)n[nH]c1NC(=O)c1ccc(C2(F)COC2)cc1. The van der Waals surface area contributed by atoms with Crippen molar-refractivity contribution < 1.29 is 18.7 Å². The monoisotopic (exact) mass is 371 g/mol. The minimum atomic E-state index is -1.47. The van der Waals surface area contributed by atoms with Crippen LogP contribution in [0.25, 0.3) is 0 Å². The van der Waals surface area contributed by atoms with Crippen LogP contribution in [0.4, 0.5) is 16.0 Å². The van der Waals surface area contributed by atoms with Crippen molar-refractivity contribution in [2.45, 2.75) is 5.67 Å². The molecule has 9 heteroatoms. The van der Waals surface area contributed by atoms with Crippen molar-refractivity contribution in [3.63, 3.8) is 0 Å². The molecule has 0 aliphatic carbocycles. The molecule has 0 bridgehead atoms. The summed E-state index contributed by atoms with van der Waals surface area (Å²) in [4.78, 5) is 14.4. The Hall–Kier alpha value is -2.96. The smallest absolute Gasteiger partial charge is 0.256 e. The van der Waals surface area contributed by atoms with Crippen molar-refractivity contribution in [1.29, 1.82) is 5.26 Å². The summed E-state index contributed by atoms with van der Waals surface area (Å²) in [6, 6.07) is 8.35. The van der Waals surface area contributed by atoms with Gasteiger partial charge in [0, 0.05) is 18.7 Å². The van der Waals surface area contributed by atoms with Crippen LogP contribution in [0.15, 0.2) is 24.3 Å². The number of amides is 1. The molecule has 3 heterocycles. The first-order valence-corrected chi connectivity index (χ1v) is 8.60. The molecule has 1 amide bonds. The number of benzene rings is 1. The molecule has 8 nitrogen and oxygen atoms in total. The molecular weight excluding hydrogens is 353 g/mol. The van der Waals surface area contributed by atoms with Crippen LogP contribution in [0.1, 0.15) is 21.5 Å². The Morgan fingerprint density at radius 1 is 1.26 bits per heavy atom. The van der Waals surface area contributed by atoms with E-state index in [1.165, 1.54) is 0 Å². The molecule has 27 heavy (non-hydrogen) atoms. The second-order valence-corrected chi connectivity index (χ2v) is 6.50. The van der Waals surface area contributed by atoms with Gasteiger partial charge < -0.3 is 19.7 Å². The van der Waals surface area contributed by atoms with E-state index in [9.17, 15) is 14.4 Å². The van der Waals surface area contributed by atoms with E-state index in [1.807, 2.05) is 4.90 Å². The highest BCUT2D eigenvalue weighted by Crippen LogP contribution is 2.34. The number of nitrogens with one attached hydrogen (secondary N) is 2. The number of halogens is 1. The molecule has 1 aromatic heterocycles. The molecule has 1 aromatic carbocycles. The van der Waals surface area contributed by atoms with Crippen LogP contribution in [0.3, 0.4) is 0 Å². The molecule has 0 saturated carbocycles. The van der Waals surface area contributed by atoms with Crippen LogP contribution in [-0.2, 0) is 15.1 Å². The fraction of sp³-hybridized carbons (Fsp3) is 0.389. The summed E-state index contributed by atoms with van der Waals surface area (Å²) in [7, 11) is 0. The van der Waals surface area contributed by atoms with Gasteiger partial charge in [-0.05, 0) is 17.7 Å². The van der Waals surface area contributed by atoms with E-state index >= 15 is 0 Å². The van der Waals surface area contributed by atoms with Gasteiger partial charge >= 0.3 is 0 Å². The Balaban J connectivity index is 1.49. The Kier molecular flexibility index (Phi) is 4.51. The second-order valence-electron chi connectivity index (χ2n) is 6.50. The molecule has 2 aromatic rings. The van der Waals surface area contributed by atoms with Crippen LogP contribution < -0.4 is 10.2 Å². The van der Waals surface area contributed by atoms with Gasteiger partial charge in [0.25, 0.3) is 5.91 Å². The third-order valence-electron chi connectivity index (χ3n) is 4.73. The highest BCUT2D eigenvalue weighted by molar-refractivity contribution is 6.04. The highest BCUT2D eigenvalue weighted by atomic mass is 19.1. The van der Waals surface area contributed by atoms with Crippen molar-refractivity contribution >= 4 is 17.5 Å². The van der Waals surface area contributed by atoms with Gasteiger partial charge in [-0.15, -0.1) is 0 Å². The summed E-state index contributed by atoms with van der Waals surface area (Å²) in [6.45, 7) is 2.44. The summed E-state index contributed by atoms with van der Waals surface area (Å²) in [6.07, 6.45) is 0. The van der Waals surface area contributed by atoms with Crippen molar-refractivity contribution in [3.8, 4) is 6.07 Å². The number of nitriles is 1. The minimum absolute atomic E-state index is 0.0303. The molecule has 2 aliphatic rings. The largest absolute Gasteiger partial charge is 0.378 e. The lowest BCUT2D eigenvalue weighted by Gasteiger charge is -2.34. The normalized spacial score (nSPS) is 18.4. The lowest BCUT2D eigenvalue weighted by atomic mass is 9.93. The number of carbonyl (C=O) groups excluding carboxylic acids is 1. The minimum Gasteiger partial charge on any atom is -0.378 e. The highest BCUT2D eigenvalue weighted by Gasteiger charge is 2.40. The van der Waals surface area contributed by atoms with Crippen molar-refractivity contribution in [2.75, 3.05) is 49.7 Å². The molecule has 0 radical (unpaired) electrons. The van der Waals surface area contributed by atoms with Crippen LogP contribution >= 0.6 is 0 Å². The van der Waals surface area contributed by atoms with Crippen molar-refractivity contribution in [2.24, 2.45) is 0 Å². The number of aromatic amines is 1. The van der Waals surface area contributed by atoms with Crippen LogP contribution in [0, 0.1) is 11.3 Å². The standard InChI is InChI=1S/C18H18FN5O3/c19-18(10-27-11-18)13-3-1-12(2-4-13)17(25)21-15-14(9-20)16(23-22-15)24-5-7-26-8-6-24/h1-4H,5-8,10-11H2,(H2,21,22,23,25). The number of hydrogen-bond donors (Lipinski definition) is 2. The summed E-state index contributed by atoms with van der Waals surface area (Å²) >= 11 is 0. The average Bonchev–Trinajstić information content (AvgIpc) is 3.09. The Labute approximate surface area is 154 Å². The summed E-state index contributed by atoms with van der Waals surface area (Å²) in [5.41, 5.74) is -0.358. The average molecular weight is 371 g/mol. The van der Waals surface area contributed by atoms with Gasteiger partial charge in [-0.3, -0.25) is 9.89 Å². The number of H-pyrrole nitrogens is 1. The first-order valence-electron chi connectivity index (χ1n) is 8.60. The molecule has 2 saturated heterocycles. The van der Waals surface area contributed by atoms with E-state index in [1.54, 1.807) is 24.3 Å². The zero-order chi connectivity index (χ0) is 18.9. The molecule has 2 N–H and O–H groups in total. The number of carbonyl (C=O) groups is 1. The summed E-state index contributed by atoms with van der Waals surface area (Å²) < 4.78 is 24.5. The van der Waals surface area contributed by atoms with E-state index in [2.05, 4.69) is 21.6 Å². The van der Waals surface area contributed by atoms with Gasteiger partial charge in [0.2, 0.25) is 0 Å².